The van der Waals surface area contributed by atoms with Gasteiger partial charge < -0.3 is 4.57 Å². The van der Waals surface area contributed by atoms with Crippen LogP contribution >= 0.6 is 0 Å². The fourth-order valence-corrected chi connectivity index (χ4v) is 8.30. The average Bonchev–Trinajstić information content (AvgIpc) is 3.64. The summed E-state index contributed by atoms with van der Waals surface area (Å²) >= 11 is 0. The zero-order valence-electron chi connectivity index (χ0n) is 25.1. The van der Waals surface area contributed by atoms with Crippen molar-refractivity contribution < 1.29 is 0 Å². The van der Waals surface area contributed by atoms with Crippen molar-refractivity contribution in [3.63, 3.8) is 0 Å². The van der Waals surface area contributed by atoms with E-state index in [4.69, 9.17) is 4.98 Å². The highest BCUT2D eigenvalue weighted by Crippen LogP contribution is 2.60. The second-order valence-corrected chi connectivity index (χ2v) is 12.3. The van der Waals surface area contributed by atoms with Gasteiger partial charge >= 0.3 is 0 Å². The Bertz CT molecular complexity index is 2580. The zero-order chi connectivity index (χ0) is 30.2. The maximum atomic E-state index is 5.43. The van der Waals surface area contributed by atoms with Crippen molar-refractivity contribution in [3.8, 4) is 16.8 Å². The molecule has 0 spiro atoms. The van der Waals surface area contributed by atoms with E-state index in [0.717, 1.165) is 22.0 Å². The highest BCUT2D eigenvalue weighted by molar-refractivity contribution is 6.19. The Balaban J connectivity index is 1.45. The van der Waals surface area contributed by atoms with Crippen LogP contribution in [0.3, 0.4) is 0 Å². The largest absolute Gasteiger partial charge is 0.309 e. The Kier molecular flexibility index (Phi) is 5.24. The molecule has 0 aliphatic heterocycles. The Morgan fingerprint density at radius 1 is 0.435 bits per heavy atom. The first kappa shape index (κ1) is 25.3. The molecule has 2 nitrogen and oxygen atoms in total. The van der Waals surface area contributed by atoms with Gasteiger partial charge in [0.25, 0.3) is 0 Å². The van der Waals surface area contributed by atoms with E-state index < -0.39 is 5.41 Å². The Labute approximate surface area is 266 Å². The third-order valence-corrected chi connectivity index (χ3v) is 10.1. The molecule has 1 aliphatic rings. The summed E-state index contributed by atoms with van der Waals surface area (Å²) in [4.78, 5) is 5.43. The molecule has 0 radical (unpaired) electrons. The highest BCUT2D eigenvalue weighted by atomic mass is 15.0. The second-order valence-electron chi connectivity index (χ2n) is 12.3. The van der Waals surface area contributed by atoms with E-state index in [1.807, 2.05) is 0 Å². The molecule has 46 heavy (non-hydrogen) atoms. The van der Waals surface area contributed by atoms with E-state index in [0.29, 0.717) is 0 Å². The summed E-state index contributed by atoms with van der Waals surface area (Å²) in [5.41, 5.74) is 11.6. The summed E-state index contributed by atoms with van der Waals surface area (Å²) in [6.07, 6.45) is 2.11. The first-order chi connectivity index (χ1) is 22.9. The van der Waals surface area contributed by atoms with E-state index in [1.165, 1.54) is 60.6 Å². The molecule has 0 atom stereocenters. The van der Waals surface area contributed by atoms with Gasteiger partial charge in [0.2, 0.25) is 0 Å². The molecular formula is C44H28N2. The smallest absolute Gasteiger partial charge is 0.0777 e. The minimum absolute atomic E-state index is 0.572. The van der Waals surface area contributed by atoms with Crippen LogP contribution < -0.4 is 0 Å². The molecule has 0 saturated heterocycles. The van der Waals surface area contributed by atoms with Crippen LogP contribution in [0.25, 0.3) is 60.3 Å². The van der Waals surface area contributed by atoms with E-state index in [2.05, 4.69) is 175 Å². The molecule has 1 aliphatic carbocycles. The lowest BCUT2D eigenvalue weighted by Crippen LogP contribution is -2.29. The van der Waals surface area contributed by atoms with E-state index in [1.54, 1.807) is 0 Å². The number of fused-ring (bicyclic) bond motifs is 11. The summed E-state index contributed by atoms with van der Waals surface area (Å²) < 4.78 is 2.42. The van der Waals surface area contributed by atoms with Crippen LogP contribution in [0, 0.1) is 0 Å². The molecule has 0 fully saturated rings. The predicted octanol–water partition coefficient (Wildman–Crippen LogP) is 10.8. The maximum absolute atomic E-state index is 5.43. The molecule has 0 saturated carbocycles. The number of hydrogen-bond donors (Lipinski definition) is 0. The molecular weight excluding hydrogens is 556 g/mol. The van der Waals surface area contributed by atoms with Crippen molar-refractivity contribution in [2.45, 2.75) is 5.41 Å². The molecule has 2 heterocycles. The molecule has 10 rings (SSSR count). The van der Waals surface area contributed by atoms with Crippen LogP contribution in [0.15, 0.2) is 170 Å². The fourth-order valence-electron chi connectivity index (χ4n) is 8.30. The zero-order valence-corrected chi connectivity index (χ0v) is 25.1. The third kappa shape index (κ3) is 3.23. The molecule has 0 bridgehead atoms. The number of rotatable bonds is 3. The number of aromatic nitrogens is 2. The van der Waals surface area contributed by atoms with Gasteiger partial charge in [-0.25, -0.2) is 0 Å². The first-order valence-electron chi connectivity index (χ1n) is 15.9. The molecule has 9 aromatic rings. The van der Waals surface area contributed by atoms with Gasteiger partial charge in [-0.15, -0.1) is 0 Å². The van der Waals surface area contributed by atoms with Crippen molar-refractivity contribution in [3.05, 3.63) is 192 Å². The lowest BCUT2D eigenvalue weighted by atomic mass is 9.66. The number of para-hydroxylation sites is 2. The van der Waals surface area contributed by atoms with Crippen molar-refractivity contribution in [1.82, 2.24) is 9.55 Å². The van der Waals surface area contributed by atoms with Crippen molar-refractivity contribution in [1.29, 1.82) is 0 Å². The van der Waals surface area contributed by atoms with Gasteiger partial charge in [-0.05, 0) is 56.8 Å². The number of pyridine rings is 1. The van der Waals surface area contributed by atoms with Crippen LogP contribution in [-0.2, 0) is 5.41 Å². The molecule has 0 amide bonds. The highest BCUT2D eigenvalue weighted by Gasteiger charge is 2.48. The van der Waals surface area contributed by atoms with Gasteiger partial charge in [-0.3, -0.25) is 4.98 Å². The molecule has 214 valence electrons. The quantitative estimate of drug-likeness (QED) is 0.202. The monoisotopic (exact) mass is 584 g/mol. The Morgan fingerprint density at radius 2 is 1.02 bits per heavy atom. The molecule has 7 aromatic carbocycles. The summed E-state index contributed by atoms with van der Waals surface area (Å²) in [6.45, 7) is 0. The summed E-state index contributed by atoms with van der Waals surface area (Å²) in [5, 5.41) is 6.05. The maximum Gasteiger partial charge on any atom is 0.0777 e. The lowest BCUT2D eigenvalue weighted by molar-refractivity contribution is 0.780. The van der Waals surface area contributed by atoms with E-state index in [-0.39, 0.29) is 0 Å². The summed E-state index contributed by atoms with van der Waals surface area (Å²) in [7, 11) is 0. The standard InChI is InChI=1S/C44H28N2/c1-4-15-30(16-5-1)44(31-17-6-2-7-18-31)40-33-21-11-10-14-29(33)24-25-35(40)36-26-27-37-42(41(36)44)45-28-38-34-22-12-13-23-39(34)46(43(37)38)32-19-8-3-9-20-32/h1-28H. The van der Waals surface area contributed by atoms with Crippen molar-refractivity contribution in [2.24, 2.45) is 0 Å². The minimum Gasteiger partial charge on any atom is -0.309 e. The average molecular weight is 585 g/mol. The van der Waals surface area contributed by atoms with Crippen LogP contribution in [-0.4, -0.2) is 9.55 Å². The van der Waals surface area contributed by atoms with Crippen LogP contribution in [0.2, 0.25) is 0 Å². The van der Waals surface area contributed by atoms with Gasteiger partial charge in [-0.2, -0.15) is 0 Å². The molecule has 2 aromatic heterocycles. The van der Waals surface area contributed by atoms with E-state index >= 15 is 0 Å². The van der Waals surface area contributed by atoms with Crippen LogP contribution in [0.5, 0.6) is 0 Å². The Hall–Kier alpha value is -5.99. The first-order valence-corrected chi connectivity index (χ1v) is 15.9. The molecule has 0 N–H and O–H groups in total. The summed E-state index contributed by atoms with van der Waals surface area (Å²) in [5.74, 6) is 0. The number of nitrogens with zero attached hydrogens (tertiary/aromatic N) is 2. The molecule has 2 heteroatoms. The van der Waals surface area contributed by atoms with Crippen LogP contribution in [0.1, 0.15) is 22.3 Å². The normalized spacial score (nSPS) is 13.4. The SMILES string of the molecule is c1ccc(-n2c3ccccc3c3cnc4c5c(ccc4c32)-c2ccc3ccccc3c2C5(c2ccccc2)c2ccccc2)cc1. The third-order valence-electron chi connectivity index (χ3n) is 10.1. The van der Waals surface area contributed by atoms with Gasteiger partial charge in [0.1, 0.15) is 0 Å². The van der Waals surface area contributed by atoms with Gasteiger partial charge in [0.15, 0.2) is 0 Å². The number of hydrogen-bond acceptors (Lipinski definition) is 1. The summed E-state index contributed by atoms with van der Waals surface area (Å²) in [6, 6.07) is 59.6. The van der Waals surface area contributed by atoms with Gasteiger partial charge in [-0.1, -0.05) is 146 Å². The predicted molar refractivity (Wildman–Crippen MR) is 191 cm³/mol. The fraction of sp³-hybridized carbons (Fsp3) is 0.0227. The van der Waals surface area contributed by atoms with Crippen molar-refractivity contribution >= 4 is 43.5 Å². The van der Waals surface area contributed by atoms with Gasteiger partial charge in [0, 0.05) is 33.6 Å². The number of benzene rings is 7. The second kappa shape index (κ2) is 9.50. The lowest BCUT2D eigenvalue weighted by Gasteiger charge is -2.35. The minimum atomic E-state index is -0.572. The molecule has 0 unspecified atom stereocenters. The Morgan fingerprint density at radius 3 is 1.76 bits per heavy atom. The van der Waals surface area contributed by atoms with Crippen molar-refractivity contribution in [2.75, 3.05) is 0 Å². The van der Waals surface area contributed by atoms with Gasteiger partial charge in [0.05, 0.1) is 22.0 Å². The van der Waals surface area contributed by atoms with E-state index in [9.17, 15) is 0 Å². The van der Waals surface area contributed by atoms with Crippen LogP contribution in [0.4, 0.5) is 0 Å². The topological polar surface area (TPSA) is 17.8 Å².